The molecule has 0 saturated carbocycles. The van der Waals surface area contributed by atoms with Gasteiger partial charge in [-0.2, -0.15) is 0 Å². The highest BCUT2D eigenvalue weighted by atomic mass is 16.5. The molecule has 0 aliphatic carbocycles. The van der Waals surface area contributed by atoms with Gasteiger partial charge >= 0.3 is 5.97 Å². The standard InChI is InChI=1S/C23H25NO4/c1-14-5-7-18(9-16(14)3)21(25)13-28-23(27)19-11-22(26)24(12-19)20-8-6-15(2)17(4)10-20/h5-10,19H,11-13H2,1-4H3/t19-/m0/s1. The maximum atomic E-state index is 12.4. The summed E-state index contributed by atoms with van der Waals surface area (Å²) < 4.78 is 5.22. The quantitative estimate of drug-likeness (QED) is 0.587. The van der Waals surface area contributed by atoms with Gasteiger partial charge < -0.3 is 9.64 Å². The first kappa shape index (κ1) is 19.8. The second kappa shape index (κ2) is 7.97. The molecule has 0 aromatic heterocycles. The van der Waals surface area contributed by atoms with Gasteiger partial charge in [-0.1, -0.05) is 18.2 Å². The van der Waals surface area contributed by atoms with E-state index in [2.05, 4.69) is 0 Å². The lowest BCUT2D eigenvalue weighted by Gasteiger charge is -2.17. The molecule has 5 heteroatoms. The molecule has 1 saturated heterocycles. The van der Waals surface area contributed by atoms with Crippen LogP contribution in [0.25, 0.3) is 0 Å². The third kappa shape index (κ3) is 4.14. The number of ether oxygens (including phenoxy) is 1. The number of anilines is 1. The average molecular weight is 379 g/mol. The van der Waals surface area contributed by atoms with Crippen molar-refractivity contribution in [1.29, 1.82) is 0 Å². The summed E-state index contributed by atoms with van der Waals surface area (Å²) in [5.41, 5.74) is 5.67. The molecule has 1 aliphatic heterocycles. The second-order valence-electron chi connectivity index (χ2n) is 7.50. The highest BCUT2D eigenvalue weighted by Gasteiger charge is 2.36. The molecule has 0 spiro atoms. The number of Topliss-reactive ketones (excluding diaryl/α,β-unsaturated/α-hetero) is 1. The van der Waals surface area contributed by atoms with Gasteiger partial charge in [0.1, 0.15) is 0 Å². The van der Waals surface area contributed by atoms with Gasteiger partial charge in [-0.05, 0) is 68.1 Å². The summed E-state index contributed by atoms with van der Waals surface area (Å²) in [5.74, 6) is -1.41. The fourth-order valence-electron chi connectivity index (χ4n) is 3.26. The van der Waals surface area contributed by atoms with Crippen LogP contribution in [0.15, 0.2) is 36.4 Å². The Kier molecular flexibility index (Phi) is 5.63. The van der Waals surface area contributed by atoms with Crippen LogP contribution < -0.4 is 4.90 Å². The van der Waals surface area contributed by atoms with Crippen molar-refractivity contribution in [1.82, 2.24) is 0 Å². The summed E-state index contributed by atoms with van der Waals surface area (Å²) in [7, 11) is 0. The molecule has 2 aromatic rings. The number of hydrogen-bond donors (Lipinski definition) is 0. The zero-order chi connectivity index (χ0) is 20.4. The smallest absolute Gasteiger partial charge is 0.311 e. The van der Waals surface area contributed by atoms with Gasteiger partial charge in [0.2, 0.25) is 5.91 Å². The molecule has 1 atom stereocenters. The third-order valence-electron chi connectivity index (χ3n) is 5.43. The van der Waals surface area contributed by atoms with Gasteiger partial charge in [0, 0.05) is 24.2 Å². The largest absolute Gasteiger partial charge is 0.457 e. The first-order valence-corrected chi connectivity index (χ1v) is 9.41. The molecule has 1 amide bonds. The van der Waals surface area contributed by atoms with Gasteiger partial charge in [0.05, 0.1) is 5.92 Å². The molecule has 1 aliphatic rings. The summed E-state index contributed by atoms with van der Waals surface area (Å²) in [6.07, 6.45) is 0.101. The molecule has 0 N–H and O–H groups in total. The molecule has 0 bridgehead atoms. The van der Waals surface area contributed by atoms with Crippen molar-refractivity contribution in [2.45, 2.75) is 34.1 Å². The number of nitrogens with zero attached hydrogens (tertiary/aromatic N) is 1. The van der Waals surface area contributed by atoms with Crippen LogP contribution in [0.5, 0.6) is 0 Å². The topological polar surface area (TPSA) is 63.7 Å². The lowest BCUT2D eigenvalue weighted by molar-refractivity contribution is -0.147. The SMILES string of the molecule is Cc1ccc(C(=O)COC(=O)[C@H]2CC(=O)N(c3ccc(C)c(C)c3)C2)cc1C. The Labute approximate surface area is 165 Å². The number of rotatable bonds is 5. The molecule has 3 rings (SSSR count). The Balaban J connectivity index is 1.60. The summed E-state index contributed by atoms with van der Waals surface area (Å²) in [6, 6.07) is 11.2. The monoisotopic (exact) mass is 379 g/mol. The third-order valence-corrected chi connectivity index (χ3v) is 5.43. The molecule has 1 heterocycles. The van der Waals surface area contributed by atoms with Gasteiger partial charge in [0.25, 0.3) is 0 Å². The van der Waals surface area contributed by atoms with Crippen molar-refractivity contribution >= 4 is 23.3 Å². The lowest BCUT2D eigenvalue weighted by atomic mass is 10.0. The molecule has 28 heavy (non-hydrogen) atoms. The van der Waals surface area contributed by atoms with Crippen molar-refractivity contribution in [2.24, 2.45) is 5.92 Å². The van der Waals surface area contributed by atoms with E-state index in [1.807, 2.05) is 52.0 Å². The predicted molar refractivity (Wildman–Crippen MR) is 108 cm³/mol. The summed E-state index contributed by atoms with van der Waals surface area (Å²) in [6.45, 7) is 7.88. The number of carbonyl (C=O) groups excluding carboxylic acids is 3. The minimum atomic E-state index is -0.554. The van der Waals surface area contributed by atoms with Crippen molar-refractivity contribution in [3.63, 3.8) is 0 Å². The zero-order valence-corrected chi connectivity index (χ0v) is 16.7. The first-order valence-electron chi connectivity index (χ1n) is 9.41. The van der Waals surface area contributed by atoms with Gasteiger partial charge in [0.15, 0.2) is 12.4 Å². The fourth-order valence-corrected chi connectivity index (χ4v) is 3.26. The number of hydrogen-bond acceptors (Lipinski definition) is 4. The predicted octanol–water partition coefficient (Wildman–Crippen LogP) is 3.70. The van der Waals surface area contributed by atoms with E-state index < -0.39 is 11.9 Å². The van der Waals surface area contributed by atoms with Crippen LogP contribution in [0, 0.1) is 33.6 Å². The van der Waals surface area contributed by atoms with Gasteiger partial charge in [-0.3, -0.25) is 14.4 Å². The van der Waals surface area contributed by atoms with Crippen LogP contribution in [0.3, 0.4) is 0 Å². The molecule has 1 fully saturated rings. The van der Waals surface area contributed by atoms with E-state index >= 15 is 0 Å². The average Bonchev–Trinajstić information content (AvgIpc) is 3.05. The minimum Gasteiger partial charge on any atom is -0.457 e. The summed E-state index contributed by atoms with van der Waals surface area (Å²) >= 11 is 0. The minimum absolute atomic E-state index is 0.101. The maximum absolute atomic E-state index is 12.4. The van der Waals surface area contributed by atoms with Crippen LogP contribution in [0.2, 0.25) is 0 Å². The zero-order valence-electron chi connectivity index (χ0n) is 16.7. The Hall–Kier alpha value is -2.95. The van der Waals surface area contributed by atoms with Crippen LogP contribution in [-0.2, 0) is 14.3 Å². The van der Waals surface area contributed by atoms with E-state index in [9.17, 15) is 14.4 Å². The number of amides is 1. The van der Waals surface area contributed by atoms with E-state index in [1.165, 1.54) is 0 Å². The van der Waals surface area contributed by atoms with E-state index in [-0.39, 0.29) is 31.3 Å². The van der Waals surface area contributed by atoms with Crippen LogP contribution in [0.4, 0.5) is 5.69 Å². The van der Waals surface area contributed by atoms with Gasteiger partial charge in [-0.15, -0.1) is 0 Å². The molecule has 0 radical (unpaired) electrons. The maximum Gasteiger partial charge on any atom is 0.311 e. The summed E-state index contributed by atoms with van der Waals surface area (Å²) in [5, 5.41) is 0. The van der Waals surface area contributed by atoms with Crippen LogP contribution in [0.1, 0.15) is 39.0 Å². The van der Waals surface area contributed by atoms with Crippen molar-refractivity contribution < 1.29 is 19.1 Å². The summed E-state index contributed by atoms with van der Waals surface area (Å²) in [4.78, 5) is 38.7. The van der Waals surface area contributed by atoms with E-state index in [0.717, 1.165) is 27.9 Å². The highest BCUT2D eigenvalue weighted by Crippen LogP contribution is 2.27. The Bertz CT molecular complexity index is 948. The van der Waals surface area contributed by atoms with Crippen LogP contribution >= 0.6 is 0 Å². The van der Waals surface area contributed by atoms with Crippen molar-refractivity contribution in [3.05, 3.63) is 64.2 Å². The van der Waals surface area contributed by atoms with E-state index in [1.54, 1.807) is 17.0 Å². The first-order chi connectivity index (χ1) is 13.3. The fraction of sp³-hybridized carbons (Fsp3) is 0.348. The van der Waals surface area contributed by atoms with E-state index in [4.69, 9.17) is 4.74 Å². The molecule has 146 valence electrons. The number of aryl methyl sites for hydroxylation is 4. The number of ketones is 1. The second-order valence-corrected chi connectivity index (χ2v) is 7.50. The van der Waals surface area contributed by atoms with Gasteiger partial charge in [-0.25, -0.2) is 0 Å². The lowest BCUT2D eigenvalue weighted by Crippen LogP contribution is -2.27. The number of carbonyl (C=O) groups is 3. The number of esters is 1. The molecule has 0 unspecified atom stereocenters. The Morgan fingerprint density at radius 2 is 1.61 bits per heavy atom. The van der Waals surface area contributed by atoms with Crippen molar-refractivity contribution in [3.8, 4) is 0 Å². The Morgan fingerprint density at radius 1 is 0.964 bits per heavy atom. The molecule has 2 aromatic carbocycles. The molecular weight excluding hydrogens is 354 g/mol. The van der Waals surface area contributed by atoms with Crippen LogP contribution in [-0.4, -0.2) is 30.8 Å². The van der Waals surface area contributed by atoms with Crippen molar-refractivity contribution in [2.75, 3.05) is 18.1 Å². The normalized spacial score (nSPS) is 16.4. The van der Waals surface area contributed by atoms with E-state index in [0.29, 0.717) is 5.56 Å². The highest BCUT2D eigenvalue weighted by molar-refractivity contribution is 6.01. The number of benzene rings is 2. The Morgan fingerprint density at radius 3 is 2.25 bits per heavy atom. The molecule has 5 nitrogen and oxygen atoms in total. The molecular formula is C23H25NO4.